The molecule has 26 heavy (non-hydrogen) atoms. The molecule has 2 aromatic carbocycles. The molecule has 136 valence electrons. The molecular weight excluding hydrogens is 326 g/mol. The van der Waals surface area contributed by atoms with E-state index in [2.05, 4.69) is 41.1 Å². The highest BCUT2D eigenvalue weighted by Crippen LogP contribution is 2.31. The van der Waals surface area contributed by atoms with E-state index >= 15 is 0 Å². The van der Waals surface area contributed by atoms with Crippen LogP contribution < -0.4 is 20.7 Å². The van der Waals surface area contributed by atoms with E-state index in [0.717, 1.165) is 55.0 Å². The maximum Gasteiger partial charge on any atom is 0.319 e. The van der Waals surface area contributed by atoms with E-state index in [1.165, 1.54) is 5.56 Å². The molecule has 2 unspecified atom stereocenters. The summed E-state index contributed by atoms with van der Waals surface area (Å²) in [6.07, 6.45) is 2.89. The van der Waals surface area contributed by atoms with Gasteiger partial charge in [0, 0.05) is 24.2 Å². The van der Waals surface area contributed by atoms with Crippen LogP contribution in [0.1, 0.15) is 25.3 Å². The topological polar surface area (TPSA) is 62.4 Å². The third-order valence-corrected chi connectivity index (χ3v) is 5.10. The molecule has 5 nitrogen and oxygen atoms in total. The van der Waals surface area contributed by atoms with Crippen molar-refractivity contribution in [3.8, 4) is 16.9 Å². The Kier molecular flexibility index (Phi) is 4.80. The van der Waals surface area contributed by atoms with Crippen LogP contribution in [0, 0.1) is 0 Å². The van der Waals surface area contributed by atoms with Gasteiger partial charge in [0.25, 0.3) is 0 Å². The molecule has 2 aliphatic rings. The third-order valence-electron chi connectivity index (χ3n) is 5.10. The van der Waals surface area contributed by atoms with Gasteiger partial charge in [0.15, 0.2) is 0 Å². The molecule has 0 spiro atoms. The second kappa shape index (κ2) is 7.38. The molecule has 0 saturated carbocycles. The Hall–Kier alpha value is -2.53. The zero-order valence-electron chi connectivity index (χ0n) is 15.0. The van der Waals surface area contributed by atoms with Gasteiger partial charge >= 0.3 is 6.03 Å². The van der Waals surface area contributed by atoms with E-state index in [0.29, 0.717) is 6.04 Å². The minimum absolute atomic E-state index is 0.136. The summed E-state index contributed by atoms with van der Waals surface area (Å²) in [6.45, 7) is 3.86. The molecule has 0 aliphatic carbocycles. The van der Waals surface area contributed by atoms with Crippen molar-refractivity contribution in [3.63, 3.8) is 0 Å². The maximum atomic E-state index is 12.3. The SMILES string of the molecule is CC1CC(NC(=O)Nc2cccc(-c3ccc4c(c3)CCO4)c2)CCN1. The Labute approximate surface area is 154 Å². The number of benzene rings is 2. The Bertz CT molecular complexity index is 806. The fourth-order valence-electron chi connectivity index (χ4n) is 3.76. The maximum absolute atomic E-state index is 12.3. The quantitative estimate of drug-likeness (QED) is 0.792. The normalized spacial score (nSPS) is 21.6. The molecule has 4 rings (SSSR count). The summed E-state index contributed by atoms with van der Waals surface area (Å²) < 4.78 is 5.58. The van der Waals surface area contributed by atoms with Gasteiger partial charge in [-0.3, -0.25) is 0 Å². The summed E-state index contributed by atoms with van der Waals surface area (Å²) in [7, 11) is 0. The summed E-state index contributed by atoms with van der Waals surface area (Å²) >= 11 is 0. The predicted molar refractivity (Wildman–Crippen MR) is 104 cm³/mol. The number of hydrogen-bond donors (Lipinski definition) is 3. The van der Waals surface area contributed by atoms with Crippen molar-refractivity contribution in [1.82, 2.24) is 10.6 Å². The zero-order chi connectivity index (χ0) is 17.9. The lowest BCUT2D eigenvalue weighted by Crippen LogP contribution is -2.47. The van der Waals surface area contributed by atoms with Crippen molar-refractivity contribution in [2.75, 3.05) is 18.5 Å². The molecule has 5 heteroatoms. The minimum atomic E-state index is -0.136. The Balaban J connectivity index is 1.43. The van der Waals surface area contributed by atoms with E-state index in [-0.39, 0.29) is 12.1 Å². The van der Waals surface area contributed by atoms with Crippen molar-refractivity contribution < 1.29 is 9.53 Å². The summed E-state index contributed by atoms with van der Waals surface area (Å²) in [5.74, 6) is 0.985. The van der Waals surface area contributed by atoms with Crippen LogP contribution in [-0.2, 0) is 6.42 Å². The first kappa shape index (κ1) is 16.9. The Morgan fingerprint density at radius 2 is 2.08 bits per heavy atom. The first-order chi connectivity index (χ1) is 12.7. The molecule has 1 fully saturated rings. The van der Waals surface area contributed by atoms with E-state index in [1.54, 1.807) is 0 Å². The van der Waals surface area contributed by atoms with E-state index in [1.807, 2.05) is 24.3 Å². The number of urea groups is 1. The van der Waals surface area contributed by atoms with Gasteiger partial charge in [-0.2, -0.15) is 0 Å². The highest BCUT2D eigenvalue weighted by atomic mass is 16.5. The second-order valence-electron chi connectivity index (χ2n) is 7.18. The molecule has 2 aliphatic heterocycles. The van der Waals surface area contributed by atoms with Crippen molar-refractivity contribution in [1.29, 1.82) is 0 Å². The average molecular weight is 351 g/mol. The van der Waals surface area contributed by atoms with Gasteiger partial charge in [0.05, 0.1) is 6.61 Å². The van der Waals surface area contributed by atoms with Gasteiger partial charge in [0.2, 0.25) is 0 Å². The van der Waals surface area contributed by atoms with Crippen LogP contribution in [-0.4, -0.2) is 31.3 Å². The molecular formula is C21H25N3O2. The largest absolute Gasteiger partial charge is 0.493 e. The highest BCUT2D eigenvalue weighted by Gasteiger charge is 2.20. The Morgan fingerprint density at radius 3 is 2.96 bits per heavy atom. The smallest absolute Gasteiger partial charge is 0.319 e. The number of ether oxygens (including phenoxy) is 1. The Morgan fingerprint density at radius 1 is 1.19 bits per heavy atom. The zero-order valence-corrected chi connectivity index (χ0v) is 15.0. The number of carbonyl (C=O) groups is 1. The number of hydrogen-bond acceptors (Lipinski definition) is 3. The predicted octanol–water partition coefficient (Wildman–Crippen LogP) is 3.55. The van der Waals surface area contributed by atoms with Crippen LogP contribution in [0.2, 0.25) is 0 Å². The molecule has 2 atom stereocenters. The highest BCUT2D eigenvalue weighted by molar-refractivity contribution is 5.90. The van der Waals surface area contributed by atoms with Crippen molar-refractivity contribution in [3.05, 3.63) is 48.0 Å². The molecule has 3 N–H and O–H groups in total. The second-order valence-corrected chi connectivity index (χ2v) is 7.18. The molecule has 2 amide bonds. The van der Waals surface area contributed by atoms with E-state index in [4.69, 9.17) is 4.74 Å². The fraction of sp³-hybridized carbons (Fsp3) is 0.381. The lowest BCUT2D eigenvalue weighted by molar-refractivity contribution is 0.242. The first-order valence-corrected chi connectivity index (χ1v) is 9.34. The van der Waals surface area contributed by atoms with Gasteiger partial charge in [-0.05, 0) is 67.3 Å². The molecule has 1 saturated heterocycles. The average Bonchev–Trinajstić information content (AvgIpc) is 3.09. The minimum Gasteiger partial charge on any atom is -0.493 e. The molecule has 0 radical (unpaired) electrons. The van der Waals surface area contributed by atoms with Crippen LogP contribution in [0.3, 0.4) is 0 Å². The van der Waals surface area contributed by atoms with Crippen LogP contribution in [0.5, 0.6) is 5.75 Å². The van der Waals surface area contributed by atoms with Crippen molar-refractivity contribution in [2.45, 2.75) is 38.3 Å². The third kappa shape index (κ3) is 3.83. The fourth-order valence-corrected chi connectivity index (χ4v) is 3.76. The monoisotopic (exact) mass is 351 g/mol. The standard InChI is InChI=1S/C21H25N3O2/c1-14-11-19(7-9-22-14)24-21(25)23-18-4-2-3-15(13-18)16-5-6-20-17(12-16)8-10-26-20/h2-6,12-14,19,22H,7-11H2,1H3,(H2,23,24,25). The molecule has 0 bridgehead atoms. The van der Waals surface area contributed by atoms with Gasteiger partial charge < -0.3 is 20.7 Å². The number of piperidine rings is 1. The number of carbonyl (C=O) groups excluding carboxylic acids is 1. The summed E-state index contributed by atoms with van der Waals surface area (Å²) in [5.41, 5.74) is 4.29. The number of rotatable bonds is 3. The summed E-state index contributed by atoms with van der Waals surface area (Å²) in [5, 5.41) is 9.45. The van der Waals surface area contributed by atoms with Crippen LogP contribution >= 0.6 is 0 Å². The number of nitrogens with one attached hydrogen (secondary N) is 3. The van der Waals surface area contributed by atoms with Crippen molar-refractivity contribution >= 4 is 11.7 Å². The lowest BCUT2D eigenvalue weighted by atomic mass is 10.0. The first-order valence-electron chi connectivity index (χ1n) is 9.34. The van der Waals surface area contributed by atoms with Crippen LogP contribution in [0.25, 0.3) is 11.1 Å². The van der Waals surface area contributed by atoms with Crippen LogP contribution in [0.4, 0.5) is 10.5 Å². The van der Waals surface area contributed by atoms with Gasteiger partial charge in [0.1, 0.15) is 5.75 Å². The molecule has 0 aromatic heterocycles. The molecule has 2 aromatic rings. The van der Waals surface area contributed by atoms with Gasteiger partial charge in [-0.25, -0.2) is 4.79 Å². The molecule has 2 heterocycles. The lowest BCUT2D eigenvalue weighted by Gasteiger charge is -2.28. The summed E-state index contributed by atoms with van der Waals surface area (Å²) in [4.78, 5) is 12.3. The number of fused-ring (bicyclic) bond motifs is 1. The van der Waals surface area contributed by atoms with Crippen molar-refractivity contribution in [2.24, 2.45) is 0 Å². The number of amides is 2. The van der Waals surface area contributed by atoms with Gasteiger partial charge in [-0.1, -0.05) is 18.2 Å². The van der Waals surface area contributed by atoms with Crippen LogP contribution in [0.15, 0.2) is 42.5 Å². The van der Waals surface area contributed by atoms with E-state index in [9.17, 15) is 4.79 Å². The van der Waals surface area contributed by atoms with Gasteiger partial charge in [-0.15, -0.1) is 0 Å². The number of anilines is 1. The van der Waals surface area contributed by atoms with E-state index < -0.39 is 0 Å². The summed E-state index contributed by atoms with van der Waals surface area (Å²) in [6, 6.07) is 14.8.